The van der Waals surface area contributed by atoms with Crippen LogP contribution in [0.3, 0.4) is 0 Å². The molecule has 0 saturated heterocycles. The molecule has 0 amide bonds. The number of nitrogens with zero attached hydrogens (tertiary/aromatic N) is 4. The summed E-state index contributed by atoms with van der Waals surface area (Å²) in [6.45, 7) is 3.98. The van der Waals surface area contributed by atoms with Crippen molar-refractivity contribution in [3.8, 4) is 11.4 Å². The van der Waals surface area contributed by atoms with Crippen LogP contribution in [-0.4, -0.2) is 19.5 Å². The number of anilines is 1. The molecule has 0 aromatic carbocycles. The lowest BCUT2D eigenvalue weighted by molar-refractivity contribution is 0.860. The molecular weight excluding hydrogens is 334 g/mol. The fourth-order valence-corrected chi connectivity index (χ4v) is 2.52. The van der Waals surface area contributed by atoms with Gasteiger partial charge in [-0.15, -0.1) is 0 Å². The maximum absolute atomic E-state index is 4.72. The first-order valence-corrected chi connectivity index (χ1v) is 8.79. The van der Waals surface area contributed by atoms with Gasteiger partial charge in [0.2, 0.25) is 5.95 Å². The number of hydrogen-bond donors (Lipinski definition) is 1. The van der Waals surface area contributed by atoms with Crippen molar-refractivity contribution >= 4 is 5.95 Å². The number of rotatable bonds is 3. The van der Waals surface area contributed by atoms with E-state index in [0.29, 0.717) is 5.95 Å². The van der Waals surface area contributed by atoms with Gasteiger partial charge in [0.25, 0.3) is 0 Å². The van der Waals surface area contributed by atoms with Gasteiger partial charge in [-0.25, -0.2) is 15.0 Å². The molecule has 5 heteroatoms. The van der Waals surface area contributed by atoms with Crippen molar-refractivity contribution in [1.29, 1.82) is 0 Å². The van der Waals surface area contributed by atoms with Crippen LogP contribution in [0.1, 0.15) is 11.4 Å². The van der Waals surface area contributed by atoms with E-state index in [1.165, 1.54) is 0 Å². The molecule has 0 atom stereocenters. The number of aryl methyl sites for hydroxylation is 2. The van der Waals surface area contributed by atoms with Crippen LogP contribution in [-0.2, 0) is 7.05 Å². The van der Waals surface area contributed by atoms with E-state index >= 15 is 0 Å². The highest BCUT2D eigenvalue weighted by atomic mass is 15.1. The highest BCUT2D eigenvalue weighted by molar-refractivity contribution is 5.60. The van der Waals surface area contributed by atoms with Gasteiger partial charge in [-0.05, 0) is 31.6 Å². The second kappa shape index (κ2) is 8.76. The average molecular weight is 357 g/mol. The SMILES string of the molecule is Cc1cnc(NC2=C/C=C\C=C/C=C\C=C/C=C\2)nc1-c1cnc(C)n1C. The Kier molecular flexibility index (Phi) is 5.94. The summed E-state index contributed by atoms with van der Waals surface area (Å²) in [5.41, 5.74) is 3.74. The van der Waals surface area contributed by atoms with Crippen LogP contribution >= 0.6 is 0 Å². The minimum atomic E-state index is 0.547. The molecule has 2 heterocycles. The van der Waals surface area contributed by atoms with Gasteiger partial charge in [0.1, 0.15) is 5.82 Å². The lowest BCUT2D eigenvalue weighted by Gasteiger charge is -2.10. The number of aromatic nitrogens is 4. The minimum absolute atomic E-state index is 0.547. The lowest BCUT2D eigenvalue weighted by Crippen LogP contribution is -2.05. The molecule has 0 fully saturated rings. The van der Waals surface area contributed by atoms with Crippen molar-refractivity contribution in [2.45, 2.75) is 13.8 Å². The lowest BCUT2D eigenvalue weighted by atomic mass is 10.2. The molecule has 0 spiro atoms. The molecule has 5 nitrogen and oxygen atoms in total. The summed E-state index contributed by atoms with van der Waals surface area (Å²) in [5, 5.41) is 3.29. The first-order chi connectivity index (χ1) is 13.1. The molecule has 0 bridgehead atoms. The number of hydrogen-bond acceptors (Lipinski definition) is 4. The third kappa shape index (κ3) is 4.79. The smallest absolute Gasteiger partial charge is 0.227 e. The van der Waals surface area contributed by atoms with E-state index in [0.717, 1.165) is 28.5 Å². The van der Waals surface area contributed by atoms with Crippen LogP contribution in [0.5, 0.6) is 0 Å². The normalized spacial score (nSPS) is 21.8. The first-order valence-electron chi connectivity index (χ1n) is 8.79. The van der Waals surface area contributed by atoms with Crippen LogP contribution < -0.4 is 5.32 Å². The maximum Gasteiger partial charge on any atom is 0.227 e. The quantitative estimate of drug-likeness (QED) is 0.873. The van der Waals surface area contributed by atoms with Crippen LogP contribution in [0.2, 0.25) is 0 Å². The second-order valence-electron chi connectivity index (χ2n) is 6.12. The summed E-state index contributed by atoms with van der Waals surface area (Å²) in [6, 6.07) is 0. The zero-order valence-electron chi connectivity index (χ0n) is 15.8. The second-order valence-corrected chi connectivity index (χ2v) is 6.12. The molecule has 0 radical (unpaired) electrons. The van der Waals surface area contributed by atoms with Gasteiger partial charge >= 0.3 is 0 Å². The molecule has 0 aliphatic heterocycles. The molecule has 2 aromatic rings. The van der Waals surface area contributed by atoms with Gasteiger partial charge in [-0.1, -0.05) is 54.7 Å². The van der Waals surface area contributed by atoms with Crippen molar-refractivity contribution in [3.63, 3.8) is 0 Å². The fraction of sp³-hybridized carbons (Fsp3) is 0.136. The van der Waals surface area contributed by atoms with Crippen molar-refractivity contribution in [1.82, 2.24) is 19.5 Å². The summed E-state index contributed by atoms with van der Waals surface area (Å²) >= 11 is 0. The molecule has 136 valence electrons. The van der Waals surface area contributed by atoms with Crippen LogP contribution in [0.15, 0.2) is 84.9 Å². The summed E-state index contributed by atoms with van der Waals surface area (Å²) in [6.07, 6.45) is 25.5. The van der Waals surface area contributed by atoms with Crippen molar-refractivity contribution in [2.75, 3.05) is 5.32 Å². The highest BCUT2D eigenvalue weighted by Gasteiger charge is 2.12. The van der Waals surface area contributed by atoms with Crippen LogP contribution in [0, 0.1) is 13.8 Å². The summed E-state index contributed by atoms with van der Waals surface area (Å²) in [7, 11) is 1.99. The number of imidazole rings is 1. The Hall–Kier alpha value is -3.47. The van der Waals surface area contributed by atoms with Crippen LogP contribution in [0.25, 0.3) is 11.4 Å². The van der Waals surface area contributed by atoms with E-state index in [-0.39, 0.29) is 0 Å². The molecule has 27 heavy (non-hydrogen) atoms. The van der Waals surface area contributed by atoms with E-state index in [4.69, 9.17) is 4.98 Å². The van der Waals surface area contributed by atoms with Crippen molar-refractivity contribution < 1.29 is 0 Å². The van der Waals surface area contributed by atoms with E-state index in [1.54, 1.807) is 0 Å². The molecule has 0 unspecified atom stereocenters. The van der Waals surface area contributed by atoms with Gasteiger partial charge in [-0.3, -0.25) is 0 Å². The molecule has 1 N–H and O–H groups in total. The Bertz CT molecular complexity index is 984. The summed E-state index contributed by atoms with van der Waals surface area (Å²) in [4.78, 5) is 13.5. The Labute approximate surface area is 159 Å². The Balaban J connectivity index is 1.90. The van der Waals surface area contributed by atoms with Gasteiger partial charge < -0.3 is 9.88 Å². The van der Waals surface area contributed by atoms with E-state index < -0.39 is 0 Å². The standard InChI is InChI=1S/C22H23N5/c1-17-15-24-22(26-21(17)20-16-23-18(2)27(20)3)25-19-13-11-9-7-5-4-6-8-10-12-14-19/h4-16H,1-3H3,(H,24,25,26)/b5-4-,6-4?,7-5?,8-6-,9-7-,10-8?,11-9?,12-10-,13-11-,14-12?,19-13?,19-14+. The van der Waals surface area contributed by atoms with E-state index in [9.17, 15) is 0 Å². The Morgan fingerprint density at radius 2 is 1.48 bits per heavy atom. The monoisotopic (exact) mass is 357 g/mol. The molecule has 0 saturated carbocycles. The molecule has 2 aromatic heterocycles. The van der Waals surface area contributed by atoms with E-state index in [2.05, 4.69) is 15.3 Å². The van der Waals surface area contributed by atoms with Gasteiger partial charge in [0.15, 0.2) is 0 Å². The maximum atomic E-state index is 4.72. The fourth-order valence-electron chi connectivity index (χ4n) is 2.52. The van der Waals surface area contributed by atoms with Gasteiger partial charge in [0, 0.05) is 18.9 Å². The summed E-state index contributed by atoms with van der Waals surface area (Å²) in [5.74, 6) is 1.49. The molecular formula is C22H23N5. The zero-order valence-corrected chi connectivity index (χ0v) is 15.8. The van der Waals surface area contributed by atoms with Crippen molar-refractivity contribution in [3.05, 3.63) is 96.3 Å². The van der Waals surface area contributed by atoms with Gasteiger partial charge in [-0.2, -0.15) is 0 Å². The number of allylic oxidation sites excluding steroid dienone is 11. The molecule has 1 aliphatic carbocycles. The predicted molar refractivity (Wildman–Crippen MR) is 111 cm³/mol. The largest absolute Gasteiger partial charge is 0.330 e. The first kappa shape index (κ1) is 18.3. The van der Waals surface area contributed by atoms with Gasteiger partial charge in [0.05, 0.1) is 17.6 Å². The van der Waals surface area contributed by atoms with Crippen molar-refractivity contribution in [2.24, 2.45) is 7.05 Å². The predicted octanol–water partition coefficient (Wildman–Crippen LogP) is 4.58. The average Bonchev–Trinajstić information content (AvgIpc) is 2.98. The van der Waals surface area contributed by atoms with Crippen LogP contribution in [0.4, 0.5) is 5.95 Å². The molecule has 3 rings (SSSR count). The minimum Gasteiger partial charge on any atom is -0.330 e. The topological polar surface area (TPSA) is 55.6 Å². The Morgan fingerprint density at radius 3 is 2.15 bits per heavy atom. The summed E-state index contributed by atoms with van der Waals surface area (Å²) < 4.78 is 2.03. The third-order valence-electron chi connectivity index (χ3n) is 4.13. The Morgan fingerprint density at radius 1 is 0.815 bits per heavy atom. The third-order valence-corrected chi connectivity index (χ3v) is 4.13. The number of nitrogens with one attached hydrogen (secondary N) is 1. The zero-order chi connectivity index (χ0) is 19.1. The molecule has 1 aliphatic rings. The van der Waals surface area contributed by atoms with E-state index in [1.807, 2.05) is 105 Å². The highest BCUT2D eigenvalue weighted by Crippen LogP contribution is 2.22.